The monoisotopic (exact) mass is 250 g/mol. The van der Waals surface area contributed by atoms with Crippen LogP contribution in [0, 0.1) is 0 Å². The van der Waals surface area contributed by atoms with E-state index in [-0.39, 0.29) is 0 Å². The van der Waals surface area contributed by atoms with Gasteiger partial charge in [-0.15, -0.1) is 6.58 Å². The predicted octanol–water partition coefficient (Wildman–Crippen LogP) is 1.22. The van der Waals surface area contributed by atoms with Gasteiger partial charge in [0.25, 0.3) is 0 Å². The number of anilines is 1. The molecule has 0 radical (unpaired) electrons. The lowest BCUT2D eigenvalue weighted by atomic mass is 10.4. The number of nitrogens with one attached hydrogen (secondary N) is 1. The molecule has 0 atom stereocenters. The van der Waals surface area contributed by atoms with E-state index in [9.17, 15) is 0 Å². The van der Waals surface area contributed by atoms with Gasteiger partial charge in [0.2, 0.25) is 0 Å². The van der Waals surface area contributed by atoms with Crippen LogP contribution in [0.1, 0.15) is 12.6 Å². The molecule has 5 nitrogen and oxygen atoms in total. The fourth-order valence-corrected chi connectivity index (χ4v) is 1.54. The first-order valence-corrected chi connectivity index (χ1v) is 6.18. The molecule has 1 rings (SSSR count). The van der Waals surface area contributed by atoms with Crippen LogP contribution in [0.25, 0.3) is 0 Å². The van der Waals surface area contributed by atoms with Gasteiger partial charge in [0.05, 0.1) is 18.5 Å². The van der Waals surface area contributed by atoms with Gasteiger partial charge in [0, 0.05) is 32.9 Å². The Bertz CT molecular complexity index is 357. The maximum atomic E-state index is 5.10. The molecular weight excluding hydrogens is 228 g/mol. The molecule has 0 saturated heterocycles. The maximum absolute atomic E-state index is 5.10. The average Bonchev–Trinajstić information content (AvgIpc) is 2.41. The summed E-state index contributed by atoms with van der Waals surface area (Å²) in [7, 11) is 1.69. The molecule has 0 aromatic carbocycles. The third-order valence-electron chi connectivity index (χ3n) is 2.47. The van der Waals surface area contributed by atoms with Crippen LogP contribution in [0.15, 0.2) is 25.0 Å². The standard InChI is InChI=1S/C13H22N4O/c1-4-6-17(7-8-18-3)13-11-15-10-12(16-13)9-14-5-2/h4,10-11,14H,1,5-9H2,2-3H3. The number of hydrogen-bond donors (Lipinski definition) is 1. The van der Waals surface area contributed by atoms with Crippen LogP contribution in [-0.4, -0.2) is 43.3 Å². The van der Waals surface area contributed by atoms with Gasteiger partial charge < -0.3 is 15.0 Å². The van der Waals surface area contributed by atoms with E-state index in [0.717, 1.165) is 37.7 Å². The largest absolute Gasteiger partial charge is 0.383 e. The summed E-state index contributed by atoms with van der Waals surface area (Å²) in [6.07, 6.45) is 5.41. The van der Waals surface area contributed by atoms with E-state index >= 15 is 0 Å². The van der Waals surface area contributed by atoms with Crippen LogP contribution >= 0.6 is 0 Å². The van der Waals surface area contributed by atoms with E-state index in [0.29, 0.717) is 6.61 Å². The van der Waals surface area contributed by atoms with Crippen molar-refractivity contribution in [1.82, 2.24) is 15.3 Å². The van der Waals surface area contributed by atoms with Crippen LogP contribution in [0.2, 0.25) is 0 Å². The highest BCUT2D eigenvalue weighted by Crippen LogP contribution is 2.09. The molecule has 18 heavy (non-hydrogen) atoms. The van der Waals surface area contributed by atoms with Gasteiger partial charge in [-0.3, -0.25) is 4.98 Å². The Kier molecular flexibility index (Phi) is 6.98. The Balaban J connectivity index is 2.73. The van der Waals surface area contributed by atoms with Crippen molar-refractivity contribution in [3.8, 4) is 0 Å². The van der Waals surface area contributed by atoms with E-state index in [2.05, 4.69) is 33.7 Å². The third kappa shape index (κ3) is 4.81. The molecule has 0 spiro atoms. The topological polar surface area (TPSA) is 50.3 Å². The Morgan fingerprint density at radius 1 is 1.50 bits per heavy atom. The highest BCUT2D eigenvalue weighted by atomic mass is 16.5. The van der Waals surface area contributed by atoms with Gasteiger partial charge in [-0.05, 0) is 6.54 Å². The van der Waals surface area contributed by atoms with Crippen LogP contribution in [0.5, 0.6) is 0 Å². The Morgan fingerprint density at radius 3 is 3.00 bits per heavy atom. The molecule has 5 heteroatoms. The summed E-state index contributed by atoms with van der Waals surface area (Å²) in [5, 5.41) is 3.24. The molecule has 1 N–H and O–H groups in total. The van der Waals surface area contributed by atoms with Crippen LogP contribution in [0.4, 0.5) is 5.82 Å². The summed E-state index contributed by atoms with van der Waals surface area (Å²) in [5.41, 5.74) is 0.945. The fraction of sp³-hybridized carbons (Fsp3) is 0.538. The molecule has 0 bridgehead atoms. The quantitative estimate of drug-likeness (QED) is 0.668. The predicted molar refractivity (Wildman–Crippen MR) is 73.7 cm³/mol. The number of ether oxygens (including phenoxy) is 1. The SMILES string of the molecule is C=CCN(CCOC)c1cncc(CNCC)n1. The molecule has 100 valence electrons. The van der Waals surface area contributed by atoms with Gasteiger partial charge in [-0.1, -0.05) is 13.0 Å². The summed E-state index contributed by atoms with van der Waals surface area (Å²) in [6, 6.07) is 0. The lowest BCUT2D eigenvalue weighted by molar-refractivity contribution is 0.205. The number of aromatic nitrogens is 2. The Morgan fingerprint density at radius 2 is 2.33 bits per heavy atom. The minimum atomic E-state index is 0.660. The normalized spacial score (nSPS) is 10.3. The maximum Gasteiger partial charge on any atom is 0.147 e. The minimum Gasteiger partial charge on any atom is -0.383 e. The van der Waals surface area contributed by atoms with E-state index in [1.54, 1.807) is 19.5 Å². The summed E-state index contributed by atoms with van der Waals surface area (Å²) in [4.78, 5) is 10.9. The average molecular weight is 250 g/mol. The van der Waals surface area contributed by atoms with Crippen molar-refractivity contribution in [2.75, 3.05) is 38.3 Å². The Hall–Kier alpha value is -1.46. The van der Waals surface area contributed by atoms with Crippen molar-refractivity contribution in [1.29, 1.82) is 0 Å². The van der Waals surface area contributed by atoms with E-state index in [1.807, 2.05) is 6.08 Å². The number of hydrogen-bond acceptors (Lipinski definition) is 5. The lowest BCUT2D eigenvalue weighted by Gasteiger charge is -2.21. The third-order valence-corrected chi connectivity index (χ3v) is 2.47. The first kappa shape index (κ1) is 14.6. The highest BCUT2D eigenvalue weighted by Gasteiger charge is 2.07. The highest BCUT2D eigenvalue weighted by molar-refractivity contribution is 5.37. The van der Waals surface area contributed by atoms with Crippen LogP contribution in [0.3, 0.4) is 0 Å². The molecule has 1 aromatic rings. The summed E-state index contributed by atoms with van der Waals surface area (Å²) in [6.45, 7) is 9.67. The molecule has 0 unspecified atom stereocenters. The first-order chi connectivity index (χ1) is 8.81. The molecule has 0 aliphatic carbocycles. The molecule has 0 aliphatic rings. The second kappa shape index (κ2) is 8.60. The van der Waals surface area contributed by atoms with E-state index in [1.165, 1.54) is 0 Å². The van der Waals surface area contributed by atoms with Crippen molar-refractivity contribution < 1.29 is 4.74 Å². The Labute approximate surface area is 109 Å². The molecule has 0 saturated carbocycles. The van der Waals surface area contributed by atoms with Gasteiger partial charge in [-0.2, -0.15) is 0 Å². The van der Waals surface area contributed by atoms with Crippen molar-refractivity contribution in [2.45, 2.75) is 13.5 Å². The minimum absolute atomic E-state index is 0.660. The second-order valence-electron chi connectivity index (χ2n) is 3.88. The molecule has 1 heterocycles. The molecular formula is C13H22N4O. The van der Waals surface area contributed by atoms with Crippen LogP contribution in [-0.2, 0) is 11.3 Å². The molecule has 0 amide bonds. The zero-order valence-corrected chi connectivity index (χ0v) is 11.2. The summed E-state index contributed by atoms with van der Waals surface area (Å²) < 4.78 is 5.10. The van der Waals surface area contributed by atoms with E-state index in [4.69, 9.17) is 4.74 Å². The van der Waals surface area contributed by atoms with Crippen molar-refractivity contribution in [3.05, 3.63) is 30.7 Å². The molecule has 1 aromatic heterocycles. The fourth-order valence-electron chi connectivity index (χ4n) is 1.54. The number of nitrogens with zero attached hydrogens (tertiary/aromatic N) is 3. The van der Waals surface area contributed by atoms with Crippen molar-refractivity contribution >= 4 is 5.82 Å². The van der Waals surface area contributed by atoms with Crippen LogP contribution < -0.4 is 10.2 Å². The number of rotatable bonds is 9. The zero-order chi connectivity index (χ0) is 13.2. The van der Waals surface area contributed by atoms with Gasteiger partial charge in [0.1, 0.15) is 5.82 Å². The molecule has 0 aliphatic heterocycles. The van der Waals surface area contributed by atoms with Gasteiger partial charge in [0.15, 0.2) is 0 Å². The smallest absolute Gasteiger partial charge is 0.147 e. The summed E-state index contributed by atoms with van der Waals surface area (Å²) >= 11 is 0. The zero-order valence-electron chi connectivity index (χ0n) is 11.2. The van der Waals surface area contributed by atoms with E-state index < -0.39 is 0 Å². The van der Waals surface area contributed by atoms with Crippen molar-refractivity contribution in [3.63, 3.8) is 0 Å². The van der Waals surface area contributed by atoms with Gasteiger partial charge in [-0.25, -0.2) is 4.98 Å². The van der Waals surface area contributed by atoms with Crippen molar-refractivity contribution in [2.24, 2.45) is 0 Å². The summed E-state index contributed by atoms with van der Waals surface area (Å²) in [5.74, 6) is 0.863. The molecule has 0 fully saturated rings. The first-order valence-electron chi connectivity index (χ1n) is 6.18. The second-order valence-corrected chi connectivity index (χ2v) is 3.88. The van der Waals surface area contributed by atoms with Gasteiger partial charge >= 0.3 is 0 Å². The number of methoxy groups -OCH3 is 1. The lowest BCUT2D eigenvalue weighted by Crippen LogP contribution is -2.28.